The van der Waals surface area contributed by atoms with Crippen molar-refractivity contribution in [1.82, 2.24) is 24.9 Å². The molecule has 0 spiro atoms. The SMILES string of the molecule is COc1ccc(OC)c(-c2noc(CSc3nnc(-c4ccc(Cl)cc4)n3-c3ccccc3)n2)c1. The van der Waals surface area contributed by atoms with Crippen molar-refractivity contribution >= 4 is 23.4 Å². The molecule has 10 heteroatoms. The Kier molecular flexibility index (Phi) is 6.69. The van der Waals surface area contributed by atoms with Gasteiger partial charge in [-0.05, 0) is 54.6 Å². The van der Waals surface area contributed by atoms with Crippen molar-refractivity contribution in [3.05, 3.63) is 83.7 Å². The summed E-state index contributed by atoms with van der Waals surface area (Å²) in [7, 11) is 3.20. The summed E-state index contributed by atoms with van der Waals surface area (Å²) in [6.45, 7) is 0. The van der Waals surface area contributed by atoms with Gasteiger partial charge in [0, 0.05) is 16.3 Å². The summed E-state index contributed by atoms with van der Waals surface area (Å²) in [6, 6.07) is 22.9. The quantitative estimate of drug-likeness (QED) is 0.239. The maximum Gasteiger partial charge on any atom is 0.237 e. The number of ether oxygens (including phenoxy) is 2. The Morgan fingerprint density at radius 2 is 1.74 bits per heavy atom. The highest BCUT2D eigenvalue weighted by Gasteiger charge is 2.19. The molecule has 0 aliphatic heterocycles. The van der Waals surface area contributed by atoms with E-state index in [-0.39, 0.29) is 0 Å². The van der Waals surface area contributed by atoms with E-state index in [0.29, 0.717) is 50.5 Å². The molecule has 0 amide bonds. The van der Waals surface area contributed by atoms with Crippen LogP contribution in [0.2, 0.25) is 5.02 Å². The van der Waals surface area contributed by atoms with Crippen molar-refractivity contribution in [2.75, 3.05) is 14.2 Å². The molecule has 8 nitrogen and oxygen atoms in total. The molecule has 35 heavy (non-hydrogen) atoms. The van der Waals surface area contributed by atoms with Gasteiger partial charge in [0.05, 0.1) is 25.5 Å². The number of thioether (sulfide) groups is 1. The predicted molar refractivity (Wildman–Crippen MR) is 134 cm³/mol. The minimum absolute atomic E-state index is 0.408. The first-order valence-electron chi connectivity index (χ1n) is 10.6. The molecule has 176 valence electrons. The summed E-state index contributed by atoms with van der Waals surface area (Å²) < 4.78 is 18.3. The van der Waals surface area contributed by atoms with Crippen LogP contribution < -0.4 is 9.47 Å². The zero-order chi connectivity index (χ0) is 24.2. The van der Waals surface area contributed by atoms with Crippen LogP contribution in [0.5, 0.6) is 11.5 Å². The van der Waals surface area contributed by atoms with Crippen LogP contribution in [0, 0.1) is 0 Å². The van der Waals surface area contributed by atoms with Gasteiger partial charge in [0.15, 0.2) is 11.0 Å². The topological polar surface area (TPSA) is 88.1 Å². The number of hydrogen-bond acceptors (Lipinski definition) is 8. The van der Waals surface area contributed by atoms with Gasteiger partial charge in [-0.15, -0.1) is 10.2 Å². The maximum absolute atomic E-state index is 6.08. The van der Waals surface area contributed by atoms with Gasteiger partial charge in [-0.2, -0.15) is 4.98 Å². The monoisotopic (exact) mass is 505 g/mol. The third-order valence-corrected chi connectivity index (χ3v) is 6.36. The molecular weight excluding hydrogens is 486 g/mol. The van der Waals surface area contributed by atoms with Crippen molar-refractivity contribution in [2.45, 2.75) is 10.9 Å². The zero-order valence-corrected chi connectivity index (χ0v) is 20.5. The highest BCUT2D eigenvalue weighted by atomic mass is 35.5. The highest BCUT2D eigenvalue weighted by molar-refractivity contribution is 7.98. The molecule has 0 fully saturated rings. The van der Waals surface area contributed by atoms with Gasteiger partial charge in [-0.3, -0.25) is 4.57 Å². The molecule has 5 aromatic rings. The first-order chi connectivity index (χ1) is 17.2. The molecule has 0 bridgehead atoms. The molecule has 3 aromatic carbocycles. The molecule has 0 radical (unpaired) electrons. The van der Waals surface area contributed by atoms with E-state index in [0.717, 1.165) is 11.3 Å². The van der Waals surface area contributed by atoms with Gasteiger partial charge in [0.1, 0.15) is 11.5 Å². The van der Waals surface area contributed by atoms with Crippen LogP contribution in [-0.2, 0) is 5.75 Å². The summed E-state index contributed by atoms with van der Waals surface area (Å²) in [6.07, 6.45) is 0. The average molecular weight is 506 g/mol. The lowest BCUT2D eigenvalue weighted by Crippen LogP contribution is -1.99. The van der Waals surface area contributed by atoms with E-state index in [4.69, 9.17) is 25.6 Å². The van der Waals surface area contributed by atoms with E-state index >= 15 is 0 Å². The van der Waals surface area contributed by atoms with Crippen molar-refractivity contribution in [3.8, 4) is 40.0 Å². The fraction of sp³-hybridized carbons (Fsp3) is 0.120. The third kappa shape index (κ3) is 4.87. The van der Waals surface area contributed by atoms with Crippen LogP contribution in [0.15, 0.2) is 82.5 Å². The Morgan fingerprint density at radius 1 is 0.943 bits per heavy atom. The molecule has 0 saturated heterocycles. The number of aromatic nitrogens is 5. The number of rotatable bonds is 8. The Bertz CT molecular complexity index is 1440. The molecule has 0 N–H and O–H groups in total. The van der Waals surface area contributed by atoms with E-state index in [9.17, 15) is 0 Å². The van der Waals surface area contributed by atoms with Crippen molar-refractivity contribution < 1.29 is 14.0 Å². The Morgan fingerprint density at radius 3 is 2.49 bits per heavy atom. The molecule has 2 aromatic heterocycles. The van der Waals surface area contributed by atoms with Crippen LogP contribution in [-0.4, -0.2) is 39.1 Å². The number of benzene rings is 3. The summed E-state index contributed by atoms with van der Waals surface area (Å²) in [5, 5.41) is 14.4. The summed E-state index contributed by atoms with van der Waals surface area (Å²) in [5.74, 6) is 3.29. The lowest BCUT2D eigenvalue weighted by Gasteiger charge is -2.10. The van der Waals surface area contributed by atoms with Crippen molar-refractivity contribution in [3.63, 3.8) is 0 Å². The third-order valence-electron chi connectivity index (χ3n) is 5.19. The molecule has 0 aliphatic carbocycles. The number of hydrogen-bond donors (Lipinski definition) is 0. The molecule has 0 aliphatic rings. The summed E-state index contributed by atoms with van der Waals surface area (Å²) in [4.78, 5) is 4.55. The zero-order valence-electron chi connectivity index (χ0n) is 18.9. The minimum Gasteiger partial charge on any atom is -0.497 e. The van der Waals surface area contributed by atoms with E-state index < -0.39 is 0 Å². The van der Waals surface area contributed by atoms with Gasteiger partial charge in [-0.1, -0.05) is 46.7 Å². The molecule has 0 unspecified atom stereocenters. The lowest BCUT2D eigenvalue weighted by molar-refractivity contribution is 0.389. The van der Waals surface area contributed by atoms with Crippen LogP contribution in [0.3, 0.4) is 0 Å². The Labute approximate surface area is 210 Å². The van der Waals surface area contributed by atoms with Gasteiger partial charge in [-0.25, -0.2) is 0 Å². The predicted octanol–water partition coefficient (Wildman–Crippen LogP) is 5.95. The smallest absolute Gasteiger partial charge is 0.237 e. The van der Waals surface area contributed by atoms with E-state index in [1.54, 1.807) is 20.3 Å². The fourth-order valence-electron chi connectivity index (χ4n) is 3.50. The molecule has 2 heterocycles. The first-order valence-corrected chi connectivity index (χ1v) is 12.0. The second-order valence-electron chi connectivity index (χ2n) is 7.35. The second kappa shape index (κ2) is 10.2. The first kappa shape index (κ1) is 22.9. The highest BCUT2D eigenvalue weighted by Crippen LogP contribution is 2.33. The van der Waals surface area contributed by atoms with E-state index in [1.807, 2.05) is 71.3 Å². The van der Waals surface area contributed by atoms with Gasteiger partial charge in [0.25, 0.3) is 0 Å². The normalized spacial score (nSPS) is 10.9. The number of para-hydroxylation sites is 1. The van der Waals surface area contributed by atoms with E-state index in [1.165, 1.54) is 11.8 Å². The van der Waals surface area contributed by atoms with Crippen molar-refractivity contribution in [1.29, 1.82) is 0 Å². The van der Waals surface area contributed by atoms with Gasteiger partial charge in [0.2, 0.25) is 11.7 Å². The molecule has 0 saturated carbocycles. The number of nitrogens with zero attached hydrogens (tertiary/aromatic N) is 5. The van der Waals surface area contributed by atoms with Crippen LogP contribution in [0.1, 0.15) is 5.89 Å². The standard InChI is InChI=1S/C25H20ClN5O3S/c1-32-19-12-13-21(33-2)20(14-19)23-27-22(34-30-23)15-35-25-29-28-24(16-8-10-17(26)11-9-16)31(25)18-6-4-3-5-7-18/h3-14H,15H2,1-2H3. The Hall–Kier alpha value is -3.82. The molecular formula is C25H20ClN5O3S. The lowest BCUT2D eigenvalue weighted by atomic mass is 10.2. The van der Waals surface area contributed by atoms with Crippen molar-refractivity contribution in [2.24, 2.45) is 0 Å². The van der Waals surface area contributed by atoms with Gasteiger partial charge >= 0.3 is 0 Å². The Balaban J connectivity index is 1.43. The molecule has 0 atom stereocenters. The fourth-order valence-corrected chi connectivity index (χ4v) is 4.41. The maximum atomic E-state index is 6.08. The number of halogens is 1. The summed E-state index contributed by atoms with van der Waals surface area (Å²) >= 11 is 7.53. The van der Waals surface area contributed by atoms with Crippen LogP contribution in [0.4, 0.5) is 0 Å². The largest absolute Gasteiger partial charge is 0.497 e. The summed E-state index contributed by atoms with van der Waals surface area (Å²) in [5.41, 5.74) is 2.53. The minimum atomic E-state index is 0.408. The molecule has 5 rings (SSSR count). The van der Waals surface area contributed by atoms with Crippen LogP contribution >= 0.6 is 23.4 Å². The number of methoxy groups -OCH3 is 2. The van der Waals surface area contributed by atoms with E-state index in [2.05, 4.69) is 20.3 Å². The average Bonchev–Trinajstić information content (AvgIpc) is 3.55. The second-order valence-corrected chi connectivity index (χ2v) is 8.73. The van der Waals surface area contributed by atoms with Gasteiger partial charge < -0.3 is 14.0 Å². The van der Waals surface area contributed by atoms with Crippen LogP contribution in [0.25, 0.3) is 28.5 Å².